The molecule has 0 aromatic rings. The Kier molecular flexibility index (Phi) is 175. The smallest absolute Gasteiger partial charge is 1.00 e. The molecule has 0 bridgehead atoms. The van der Waals surface area contributed by atoms with Gasteiger partial charge < -0.3 is 47.5 Å². The zero-order valence-corrected chi connectivity index (χ0v) is 9.37. The molecule has 0 aromatic heterocycles. The Morgan fingerprint density at radius 2 is 0.667 bits per heavy atom. The summed E-state index contributed by atoms with van der Waals surface area (Å²) < 4.78 is 8.55. The third kappa shape index (κ3) is 687. The molecule has 0 saturated carbocycles. The van der Waals surface area contributed by atoms with Crippen molar-refractivity contribution in [3.8, 4) is 0 Å². The van der Waals surface area contributed by atoms with Gasteiger partial charge in [0, 0.05) is 0 Å². The van der Waals surface area contributed by atoms with E-state index >= 15 is 0 Å². The van der Waals surface area contributed by atoms with Gasteiger partial charge in [-0.25, -0.2) is 0 Å². The average molecular weight is 248 g/mol. The van der Waals surface area contributed by atoms with Crippen molar-refractivity contribution in [3.05, 3.63) is 0 Å². The number of rotatable bonds is 0. The minimum atomic E-state index is -5.39. The van der Waals surface area contributed by atoms with Crippen LogP contribution in [-0.4, -0.2) is 0 Å². The summed E-state index contributed by atoms with van der Waals surface area (Å²) >= 11 is 0. The van der Waals surface area contributed by atoms with Gasteiger partial charge in [-0.1, -0.05) is 0 Å². The van der Waals surface area contributed by atoms with Crippen LogP contribution in [0.4, 0.5) is 0 Å². The van der Waals surface area contributed by atoms with Crippen molar-refractivity contribution in [1.29, 1.82) is 0 Å². The number of hydrogen-bond acceptors (Lipinski definition) is 4. The Labute approximate surface area is 106 Å². The van der Waals surface area contributed by atoms with E-state index in [1.165, 1.54) is 0 Å². The molecule has 12 heteroatoms. The molecule has 0 atom stereocenters. The van der Waals surface area contributed by atoms with Crippen LogP contribution >= 0.6 is 7.82 Å². The first-order chi connectivity index (χ1) is 2.00. The molecule has 0 heterocycles. The van der Waals surface area contributed by atoms with Gasteiger partial charge in [0.1, 0.15) is 0 Å². The largest absolute Gasteiger partial charge is 1.00 e. The Balaban J connectivity index is -0.00000000381. The molecule has 0 aliphatic carbocycles. The Morgan fingerprint density at radius 3 is 0.667 bits per heavy atom. The molecule has 4 nitrogen and oxygen atoms in total. The molecular weight excluding hydrogens is 248 g/mol. The van der Waals surface area contributed by atoms with Crippen LogP contribution in [0.2, 0.25) is 0 Å². The second kappa shape index (κ2) is 29.5. The summed E-state index contributed by atoms with van der Waals surface area (Å²) in [5, 5.41) is 0. The van der Waals surface area contributed by atoms with Gasteiger partial charge in [0.2, 0.25) is 0 Å². The predicted octanol–water partition coefficient (Wildman–Crippen LogP) is -23.8. The van der Waals surface area contributed by atoms with E-state index in [2.05, 4.69) is 0 Å². The second-order valence-electron chi connectivity index (χ2n) is 0.447. The van der Waals surface area contributed by atoms with Gasteiger partial charge in [-0.2, -0.15) is 7.82 Å². The standard InChI is InChI=1S/6FH.K.H3O4P/c;;;;;;;1-5(2,3)4/h6*1H;;(H3,1,2,3,4)/q;;;;;;+1;/p-9. The molecule has 0 saturated heterocycles. The van der Waals surface area contributed by atoms with E-state index in [9.17, 15) is 0 Å². The van der Waals surface area contributed by atoms with Gasteiger partial charge >= 0.3 is 51.4 Å². The minimum absolute atomic E-state index is 0. The van der Waals surface area contributed by atoms with Crippen LogP contribution in [0.15, 0.2) is 0 Å². The van der Waals surface area contributed by atoms with E-state index in [1.54, 1.807) is 0 Å². The van der Waals surface area contributed by atoms with Crippen molar-refractivity contribution in [3.63, 3.8) is 0 Å². The number of hydrogen-bond donors (Lipinski definition) is 0. The van der Waals surface area contributed by atoms with Crippen LogP contribution in [0, 0.1) is 0 Å². The molecule has 0 unspecified atom stereocenters. The first kappa shape index (κ1) is 71.4. The molecular formula is F6KO4P-8. The van der Waals surface area contributed by atoms with Gasteiger partial charge in [-0.3, -0.25) is 0 Å². The van der Waals surface area contributed by atoms with Crippen LogP contribution in [0.3, 0.4) is 0 Å². The fourth-order valence-corrected chi connectivity index (χ4v) is 0. The van der Waals surface area contributed by atoms with Crippen LogP contribution in [0.5, 0.6) is 0 Å². The summed E-state index contributed by atoms with van der Waals surface area (Å²) in [7, 11) is -5.39. The molecule has 0 amide bonds. The molecule has 0 spiro atoms. The maximum atomic E-state index is 8.55. The SMILES string of the molecule is O=P([O-])([O-])[O-].[F-].[F-].[F-].[F-].[F-].[F-].[K+]. The third-order valence-corrected chi connectivity index (χ3v) is 0. The fraction of sp³-hybridized carbons (Fsp3) is 0. The van der Waals surface area contributed by atoms with Crippen molar-refractivity contribution in [1.82, 2.24) is 0 Å². The van der Waals surface area contributed by atoms with Crippen molar-refractivity contribution in [2.45, 2.75) is 0 Å². The number of halogens is 6. The summed E-state index contributed by atoms with van der Waals surface area (Å²) in [4.78, 5) is 25.6. The van der Waals surface area contributed by atoms with Gasteiger partial charge in [-0.15, -0.1) is 0 Å². The van der Waals surface area contributed by atoms with Crippen LogP contribution in [0.25, 0.3) is 0 Å². The third-order valence-electron chi connectivity index (χ3n) is 0. The van der Waals surface area contributed by atoms with Crippen molar-refractivity contribution >= 4 is 7.82 Å². The predicted molar refractivity (Wildman–Crippen MR) is 7.61 cm³/mol. The zero-order valence-electron chi connectivity index (χ0n) is 5.35. The van der Waals surface area contributed by atoms with E-state index in [0.29, 0.717) is 0 Å². The maximum absolute atomic E-state index is 8.55. The molecule has 0 aliphatic heterocycles. The molecule has 0 aliphatic rings. The normalized spacial score (nSPS) is 4.92. The Morgan fingerprint density at radius 1 is 0.667 bits per heavy atom. The molecule has 80 valence electrons. The number of phosphoric acid groups is 1. The Hall–Kier alpha value is 1.33. The van der Waals surface area contributed by atoms with E-state index in [-0.39, 0.29) is 79.6 Å². The summed E-state index contributed by atoms with van der Waals surface area (Å²) in [6.07, 6.45) is 0. The van der Waals surface area contributed by atoms with Crippen molar-refractivity contribution in [2.75, 3.05) is 0 Å². The quantitative estimate of drug-likeness (QED) is 0.242. The van der Waals surface area contributed by atoms with Crippen LogP contribution < -0.4 is 94.3 Å². The maximum Gasteiger partial charge on any atom is 1.00 e. The first-order valence-electron chi connectivity index (χ1n) is 0.730. The van der Waals surface area contributed by atoms with E-state index in [0.717, 1.165) is 0 Å². The summed E-state index contributed by atoms with van der Waals surface area (Å²) in [5.41, 5.74) is 0. The average Bonchev–Trinajstić information content (AvgIpc) is 0.722. The monoisotopic (exact) mass is 248 g/mol. The topological polar surface area (TPSA) is 86.2 Å². The molecule has 0 rings (SSSR count). The molecule has 0 aromatic carbocycles. The summed E-state index contributed by atoms with van der Waals surface area (Å²) in [6.45, 7) is 0. The van der Waals surface area contributed by atoms with E-state index in [4.69, 9.17) is 19.2 Å². The van der Waals surface area contributed by atoms with Crippen LogP contribution in [0.1, 0.15) is 0 Å². The molecule has 12 heavy (non-hydrogen) atoms. The van der Waals surface area contributed by atoms with E-state index in [1.807, 2.05) is 0 Å². The zero-order chi connectivity index (χ0) is 4.50. The first-order valence-corrected chi connectivity index (χ1v) is 2.19. The summed E-state index contributed by atoms with van der Waals surface area (Å²) in [5.74, 6) is 0. The van der Waals surface area contributed by atoms with Crippen molar-refractivity contribution in [2.24, 2.45) is 0 Å². The molecule has 0 fully saturated rings. The van der Waals surface area contributed by atoms with Crippen molar-refractivity contribution < 1.29 is 98.9 Å². The fourth-order valence-electron chi connectivity index (χ4n) is 0. The van der Waals surface area contributed by atoms with Gasteiger partial charge in [-0.05, 0) is 0 Å². The second-order valence-corrected chi connectivity index (χ2v) is 1.34. The molecule has 0 radical (unpaired) electrons. The van der Waals surface area contributed by atoms with Gasteiger partial charge in [0.15, 0.2) is 0 Å². The van der Waals surface area contributed by atoms with E-state index < -0.39 is 7.82 Å². The van der Waals surface area contributed by atoms with Crippen LogP contribution in [-0.2, 0) is 4.57 Å². The Bertz CT molecular complexity index is 65.7. The molecule has 0 N–H and O–H groups in total. The minimum Gasteiger partial charge on any atom is -1.00 e. The van der Waals surface area contributed by atoms with Gasteiger partial charge in [0.25, 0.3) is 0 Å². The van der Waals surface area contributed by atoms with Gasteiger partial charge in [0.05, 0.1) is 0 Å². The summed E-state index contributed by atoms with van der Waals surface area (Å²) in [6, 6.07) is 0.